The SMILES string of the molecule is C#CC(C)(C)NC(=O)CNCCOC. The standard InChI is InChI=1S/C10H18N2O2/c1-5-10(2,3)12-9(13)8-11-6-7-14-4/h1,11H,6-8H2,2-4H3,(H,12,13). The zero-order valence-corrected chi connectivity index (χ0v) is 9.02. The molecule has 0 bridgehead atoms. The highest BCUT2D eigenvalue weighted by atomic mass is 16.5. The molecule has 0 fully saturated rings. The van der Waals surface area contributed by atoms with E-state index in [0.717, 1.165) is 0 Å². The molecule has 0 radical (unpaired) electrons. The minimum atomic E-state index is -0.583. The Morgan fingerprint density at radius 3 is 2.71 bits per heavy atom. The first-order chi connectivity index (χ1) is 6.52. The molecule has 0 saturated heterocycles. The second kappa shape index (κ2) is 6.41. The van der Waals surface area contributed by atoms with Crippen molar-refractivity contribution in [2.24, 2.45) is 0 Å². The van der Waals surface area contributed by atoms with Crippen LogP contribution in [0.1, 0.15) is 13.8 Å². The second-order valence-electron chi connectivity index (χ2n) is 3.49. The number of nitrogens with one attached hydrogen (secondary N) is 2. The Kier molecular flexibility index (Phi) is 5.93. The molecule has 0 atom stereocenters. The summed E-state index contributed by atoms with van der Waals surface area (Å²) < 4.78 is 4.82. The lowest BCUT2D eigenvalue weighted by Gasteiger charge is -2.19. The smallest absolute Gasteiger partial charge is 0.235 e. The molecular formula is C10H18N2O2. The largest absolute Gasteiger partial charge is 0.383 e. The van der Waals surface area contributed by atoms with Gasteiger partial charge in [-0.2, -0.15) is 0 Å². The van der Waals surface area contributed by atoms with Crippen molar-refractivity contribution in [3.63, 3.8) is 0 Å². The van der Waals surface area contributed by atoms with E-state index in [1.165, 1.54) is 0 Å². The van der Waals surface area contributed by atoms with Crippen molar-refractivity contribution in [2.45, 2.75) is 19.4 Å². The minimum Gasteiger partial charge on any atom is -0.383 e. The maximum absolute atomic E-state index is 11.3. The number of amides is 1. The van der Waals surface area contributed by atoms with Crippen molar-refractivity contribution < 1.29 is 9.53 Å². The van der Waals surface area contributed by atoms with E-state index in [4.69, 9.17) is 11.2 Å². The number of methoxy groups -OCH3 is 1. The Balaban J connectivity index is 3.62. The van der Waals surface area contributed by atoms with E-state index in [1.54, 1.807) is 21.0 Å². The fraction of sp³-hybridized carbons (Fsp3) is 0.700. The van der Waals surface area contributed by atoms with Gasteiger partial charge in [-0.05, 0) is 13.8 Å². The third kappa shape index (κ3) is 6.46. The number of hydrogen-bond donors (Lipinski definition) is 2. The molecule has 0 aromatic rings. The summed E-state index contributed by atoms with van der Waals surface area (Å²) in [5.74, 6) is 2.38. The average Bonchev–Trinajstić information content (AvgIpc) is 2.12. The zero-order valence-electron chi connectivity index (χ0n) is 9.02. The molecule has 0 aliphatic rings. The molecule has 0 aliphatic carbocycles. The molecule has 14 heavy (non-hydrogen) atoms. The number of ether oxygens (including phenoxy) is 1. The first-order valence-electron chi connectivity index (χ1n) is 4.50. The summed E-state index contributed by atoms with van der Waals surface area (Å²) in [7, 11) is 1.61. The van der Waals surface area contributed by atoms with Crippen LogP contribution in [0.2, 0.25) is 0 Å². The molecule has 0 aromatic heterocycles. The molecule has 0 heterocycles. The van der Waals surface area contributed by atoms with Crippen LogP contribution in [0.5, 0.6) is 0 Å². The van der Waals surface area contributed by atoms with Gasteiger partial charge in [0.1, 0.15) is 0 Å². The van der Waals surface area contributed by atoms with Crippen LogP contribution in [-0.4, -0.2) is 38.3 Å². The normalized spacial score (nSPS) is 10.7. The van der Waals surface area contributed by atoms with Gasteiger partial charge in [0.15, 0.2) is 0 Å². The molecule has 0 spiro atoms. The number of carbonyl (C=O) groups excluding carboxylic acids is 1. The van der Waals surface area contributed by atoms with Gasteiger partial charge < -0.3 is 15.4 Å². The lowest BCUT2D eigenvalue weighted by molar-refractivity contribution is -0.121. The van der Waals surface area contributed by atoms with Gasteiger partial charge in [-0.1, -0.05) is 5.92 Å². The van der Waals surface area contributed by atoms with Gasteiger partial charge in [0.05, 0.1) is 18.7 Å². The molecule has 4 heteroatoms. The van der Waals surface area contributed by atoms with Crippen molar-refractivity contribution in [1.29, 1.82) is 0 Å². The molecule has 1 amide bonds. The predicted octanol–water partition coefficient (Wildman–Crippen LogP) is -0.250. The lowest BCUT2D eigenvalue weighted by Crippen LogP contribution is -2.46. The van der Waals surface area contributed by atoms with Crippen LogP contribution in [0.15, 0.2) is 0 Å². The molecule has 2 N–H and O–H groups in total. The summed E-state index contributed by atoms with van der Waals surface area (Å²) >= 11 is 0. The van der Waals surface area contributed by atoms with Crippen molar-refractivity contribution in [3.05, 3.63) is 0 Å². The average molecular weight is 198 g/mol. The third-order valence-corrected chi connectivity index (χ3v) is 1.58. The van der Waals surface area contributed by atoms with Crippen molar-refractivity contribution in [2.75, 3.05) is 26.8 Å². The van der Waals surface area contributed by atoms with Crippen LogP contribution >= 0.6 is 0 Å². The number of rotatable bonds is 6. The summed E-state index contributed by atoms with van der Waals surface area (Å²) in [5.41, 5.74) is -0.583. The highest BCUT2D eigenvalue weighted by Crippen LogP contribution is 1.97. The molecule has 0 saturated carbocycles. The molecule has 0 aliphatic heterocycles. The highest BCUT2D eigenvalue weighted by Gasteiger charge is 2.15. The Bertz CT molecular complexity index is 219. The maximum Gasteiger partial charge on any atom is 0.235 e. The maximum atomic E-state index is 11.3. The summed E-state index contributed by atoms with van der Waals surface area (Å²) in [6.45, 7) is 5.06. The molecule has 0 aromatic carbocycles. The molecule has 80 valence electrons. The summed E-state index contributed by atoms with van der Waals surface area (Å²) in [6.07, 6.45) is 5.23. The predicted molar refractivity (Wildman–Crippen MR) is 55.8 cm³/mol. The van der Waals surface area contributed by atoms with Crippen LogP contribution in [0.25, 0.3) is 0 Å². The first-order valence-corrected chi connectivity index (χ1v) is 4.50. The summed E-state index contributed by atoms with van der Waals surface area (Å²) in [5, 5.41) is 5.63. The van der Waals surface area contributed by atoms with E-state index in [0.29, 0.717) is 13.2 Å². The molecule has 0 unspecified atom stereocenters. The van der Waals surface area contributed by atoms with Gasteiger partial charge in [0.2, 0.25) is 5.91 Å². The van der Waals surface area contributed by atoms with Crippen molar-refractivity contribution in [3.8, 4) is 12.3 Å². The minimum absolute atomic E-state index is 0.107. The number of carbonyl (C=O) groups is 1. The van der Waals surface area contributed by atoms with Crippen LogP contribution in [0, 0.1) is 12.3 Å². The van der Waals surface area contributed by atoms with Crippen LogP contribution in [-0.2, 0) is 9.53 Å². The van der Waals surface area contributed by atoms with Gasteiger partial charge >= 0.3 is 0 Å². The quantitative estimate of drug-likeness (QED) is 0.457. The highest BCUT2D eigenvalue weighted by molar-refractivity contribution is 5.79. The van der Waals surface area contributed by atoms with E-state index in [1.807, 2.05) is 0 Å². The van der Waals surface area contributed by atoms with Gasteiger partial charge in [-0.3, -0.25) is 4.79 Å². The number of hydrogen-bond acceptors (Lipinski definition) is 3. The zero-order chi connectivity index (χ0) is 11.0. The Labute approximate surface area is 85.4 Å². The lowest BCUT2D eigenvalue weighted by atomic mass is 10.1. The first kappa shape index (κ1) is 12.9. The second-order valence-corrected chi connectivity index (χ2v) is 3.49. The Morgan fingerprint density at radius 1 is 1.57 bits per heavy atom. The van der Waals surface area contributed by atoms with E-state index in [9.17, 15) is 4.79 Å². The van der Waals surface area contributed by atoms with Crippen LogP contribution < -0.4 is 10.6 Å². The van der Waals surface area contributed by atoms with Crippen molar-refractivity contribution in [1.82, 2.24) is 10.6 Å². The van der Waals surface area contributed by atoms with Gasteiger partial charge in [0, 0.05) is 13.7 Å². The molecular weight excluding hydrogens is 180 g/mol. The Morgan fingerprint density at radius 2 is 2.21 bits per heavy atom. The summed E-state index contributed by atoms with van der Waals surface area (Å²) in [4.78, 5) is 11.3. The monoisotopic (exact) mass is 198 g/mol. The third-order valence-electron chi connectivity index (χ3n) is 1.58. The number of terminal acetylenes is 1. The van der Waals surface area contributed by atoms with E-state index in [2.05, 4.69) is 16.6 Å². The Hall–Kier alpha value is -1.05. The van der Waals surface area contributed by atoms with Gasteiger partial charge in [-0.15, -0.1) is 6.42 Å². The van der Waals surface area contributed by atoms with E-state index >= 15 is 0 Å². The van der Waals surface area contributed by atoms with Gasteiger partial charge in [-0.25, -0.2) is 0 Å². The molecule has 0 rings (SSSR count). The van der Waals surface area contributed by atoms with Crippen LogP contribution in [0.4, 0.5) is 0 Å². The summed E-state index contributed by atoms with van der Waals surface area (Å²) in [6, 6.07) is 0. The fourth-order valence-corrected chi connectivity index (χ4v) is 0.805. The van der Waals surface area contributed by atoms with Crippen molar-refractivity contribution >= 4 is 5.91 Å². The van der Waals surface area contributed by atoms with E-state index < -0.39 is 5.54 Å². The van der Waals surface area contributed by atoms with E-state index in [-0.39, 0.29) is 12.5 Å². The molecule has 4 nitrogen and oxygen atoms in total. The van der Waals surface area contributed by atoms with Gasteiger partial charge in [0.25, 0.3) is 0 Å². The van der Waals surface area contributed by atoms with Crippen LogP contribution in [0.3, 0.4) is 0 Å². The topological polar surface area (TPSA) is 50.4 Å². The fourth-order valence-electron chi connectivity index (χ4n) is 0.805.